The molecule has 0 bridgehead atoms. The summed E-state index contributed by atoms with van der Waals surface area (Å²) in [6.07, 6.45) is 3.50. The zero-order chi connectivity index (χ0) is 24.0. The number of rotatable bonds is 1. The van der Waals surface area contributed by atoms with E-state index in [4.69, 9.17) is 9.97 Å². The van der Waals surface area contributed by atoms with E-state index >= 15 is 0 Å². The lowest BCUT2D eigenvalue weighted by Gasteiger charge is -2.11. The third-order valence-corrected chi connectivity index (χ3v) is 7.25. The van der Waals surface area contributed by atoms with Crippen molar-refractivity contribution in [3.8, 4) is 11.1 Å². The van der Waals surface area contributed by atoms with Crippen molar-refractivity contribution in [1.82, 2.24) is 29.9 Å². The lowest BCUT2D eigenvalue weighted by Crippen LogP contribution is -1.88. The van der Waals surface area contributed by atoms with E-state index in [1.165, 1.54) is 21.5 Å². The lowest BCUT2D eigenvalue weighted by atomic mass is 9.94. The Morgan fingerprint density at radius 3 is 1.94 bits per heavy atom. The molecule has 8 aromatic rings. The number of fused-ring (bicyclic) bond motifs is 12. The van der Waals surface area contributed by atoms with Gasteiger partial charge in [0.2, 0.25) is 0 Å². The molecule has 8 rings (SSSR count). The maximum absolute atomic E-state index is 4.79. The minimum Gasteiger partial charge on any atom is -0.342 e. The molecule has 0 saturated carbocycles. The number of aromatic nitrogens is 6. The number of H-pyrrole nitrogens is 2. The minimum absolute atomic E-state index is 0.878. The van der Waals surface area contributed by atoms with Crippen molar-refractivity contribution in [2.75, 3.05) is 0 Å². The van der Waals surface area contributed by atoms with Crippen LogP contribution in [0.15, 0.2) is 73.2 Å². The van der Waals surface area contributed by atoms with E-state index < -0.39 is 0 Å². The van der Waals surface area contributed by atoms with Crippen LogP contribution in [-0.4, -0.2) is 29.9 Å². The Morgan fingerprint density at radius 1 is 0.556 bits per heavy atom. The molecule has 0 aliphatic heterocycles. The molecule has 3 heterocycles. The van der Waals surface area contributed by atoms with Crippen LogP contribution in [0.1, 0.15) is 11.6 Å². The van der Waals surface area contributed by atoms with Gasteiger partial charge in [-0.3, -0.25) is 0 Å². The first-order chi connectivity index (χ1) is 17.7. The second-order valence-corrected chi connectivity index (χ2v) is 9.44. The highest BCUT2D eigenvalue weighted by molar-refractivity contribution is 6.24. The monoisotopic (exact) mass is 464 g/mol. The molecule has 0 atom stereocenters. The van der Waals surface area contributed by atoms with E-state index in [2.05, 4.69) is 80.6 Å². The maximum Gasteiger partial charge on any atom is 0.116 e. The number of imidazole rings is 2. The van der Waals surface area contributed by atoms with Gasteiger partial charge in [-0.1, -0.05) is 48.5 Å². The molecule has 2 N–H and O–H groups in total. The second-order valence-electron chi connectivity index (χ2n) is 9.44. The van der Waals surface area contributed by atoms with Crippen LogP contribution < -0.4 is 0 Å². The van der Waals surface area contributed by atoms with Crippen LogP contribution in [0.4, 0.5) is 0 Å². The fourth-order valence-electron chi connectivity index (χ4n) is 5.71. The largest absolute Gasteiger partial charge is 0.342 e. The number of benzene rings is 5. The number of aromatic amines is 2. The fraction of sp³-hybridized carbons (Fsp3) is 0.0667. The molecule has 3 aromatic heterocycles. The molecule has 0 unspecified atom stereocenters. The maximum atomic E-state index is 4.79. The van der Waals surface area contributed by atoms with Crippen LogP contribution in [0.5, 0.6) is 0 Å². The van der Waals surface area contributed by atoms with E-state index in [-0.39, 0.29) is 0 Å². The van der Waals surface area contributed by atoms with Gasteiger partial charge >= 0.3 is 0 Å². The molecule has 0 fully saturated rings. The van der Waals surface area contributed by atoms with E-state index in [0.29, 0.717) is 0 Å². The van der Waals surface area contributed by atoms with E-state index in [1.54, 1.807) is 6.33 Å². The van der Waals surface area contributed by atoms with Gasteiger partial charge in [-0.25, -0.2) is 19.9 Å². The zero-order valence-electron chi connectivity index (χ0n) is 19.7. The molecule has 0 aliphatic carbocycles. The molecule has 0 saturated heterocycles. The molecule has 0 amide bonds. The van der Waals surface area contributed by atoms with Crippen molar-refractivity contribution in [2.45, 2.75) is 13.8 Å². The quantitative estimate of drug-likeness (QED) is 0.253. The van der Waals surface area contributed by atoms with Gasteiger partial charge in [0.15, 0.2) is 0 Å². The third kappa shape index (κ3) is 2.55. The van der Waals surface area contributed by atoms with Crippen molar-refractivity contribution in [3.63, 3.8) is 0 Å². The molecule has 6 nitrogen and oxygen atoms in total. The summed E-state index contributed by atoms with van der Waals surface area (Å²) >= 11 is 0. The number of hydrogen-bond acceptors (Lipinski definition) is 4. The van der Waals surface area contributed by atoms with Gasteiger partial charge in [0.05, 0.1) is 27.6 Å². The van der Waals surface area contributed by atoms with E-state index in [9.17, 15) is 0 Å². The Bertz CT molecular complexity index is 2030. The average Bonchev–Trinajstić information content (AvgIpc) is 3.51. The first kappa shape index (κ1) is 19.5. The van der Waals surface area contributed by atoms with Crippen LogP contribution in [0.25, 0.3) is 76.4 Å². The molecule has 5 aromatic carbocycles. The van der Waals surface area contributed by atoms with Crippen LogP contribution in [0.2, 0.25) is 0 Å². The highest BCUT2D eigenvalue weighted by atomic mass is 14.9. The molecule has 36 heavy (non-hydrogen) atoms. The van der Waals surface area contributed by atoms with Gasteiger partial charge in [0.25, 0.3) is 0 Å². The van der Waals surface area contributed by atoms with Gasteiger partial charge < -0.3 is 9.97 Å². The Balaban J connectivity index is 1.45. The van der Waals surface area contributed by atoms with Crippen LogP contribution in [0.3, 0.4) is 0 Å². The fourth-order valence-corrected chi connectivity index (χ4v) is 5.71. The molecule has 0 spiro atoms. The zero-order valence-corrected chi connectivity index (χ0v) is 19.7. The highest BCUT2D eigenvalue weighted by Crippen LogP contribution is 2.38. The first-order valence-electron chi connectivity index (χ1n) is 12.0. The predicted octanol–water partition coefficient (Wildman–Crippen LogP) is 7.13. The average molecular weight is 465 g/mol. The van der Waals surface area contributed by atoms with E-state index in [1.807, 2.05) is 20.0 Å². The number of aryl methyl sites for hydroxylation is 2. The normalized spacial score (nSPS) is 12.2. The van der Waals surface area contributed by atoms with Gasteiger partial charge in [0, 0.05) is 27.7 Å². The van der Waals surface area contributed by atoms with Crippen molar-refractivity contribution >= 4 is 65.3 Å². The molecule has 170 valence electrons. The number of nitrogens with zero attached hydrogens (tertiary/aromatic N) is 4. The SMILES string of the molecule is Cc1nc2c3ccccc3c3cc(-c4ccc5c(c4)c4cncnc4c4[nH]c(C)nc54)ccc3c2[nH]1. The summed E-state index contributed by atoms with van der Waals surface area (Å²) in [5.41, 5.74) is 7.22. The molecule has 0 aliphatic rings. The number of hydrogen-bond donors (Lipinski definition) is 2. The lowest BCUT2D eigenvalue weighted by molar-refractivity contribution is 1.17. The first-order valence-corrected chi connectivity index (χ1v) is 12.0. The summed E-state index contributed by atoms with van der Waals surface area (Å²) in [5, 5.41) is 7.99. The highest BCUT2D eigenvalue weighted by Gasteiger charge is 2.16. The summed E-state index contributed by atoms with van der Waals surface area (Å²) in [7, 11) is 0. The summed E-state index contributed by atoms with van der Waals surface area (Å²) in [6, 6.07) is 21.8. The summed E-state index contributed by atoms with van der Waals surface area (Å²) in [6.45, 7) is 3.99. The standard InChI is InChI=1S/C30H20N6/c1-15-33-27-20-6-4-3-5-19(20)23-11-17(7-9-21(23)28(27)34-15)18-8-10-22-24(12-18)25-13-31-14-32-26(25)30-29(22)35-16(2)36-30/h3-14H,1-2H3,(H,33,34)(H,35,36). The Kier molecular flexibility index (Phi) is 3.71. The third-order valence-electron chi connectivity index (χ3n) is 7.25. The molecule has 0 radical (unpaired) electrons. The molecular weight excluding hydrogens is 444 g/mol. The minimum atomic E-state index is 0.878. The van der Waals surface area contributed by atoms with Gasteiger partial charge in [-0.05, 0) is 53.3 Å². The molecule has 6 heteroatoms. The van der Waals surface area contributed by atoms with Gasteiger partial charge in [-0.15, -0.1) is 0 Å². The van der Waals surface area contributed by atoms with Crippen molar-refractivity contribution in [2.24, 2.45) is 0 Å². The van der Waals surface area contributed by atoms with Crippen LogP contribution in [0, 0.1) is 13.8 Å². The van der Waals surface area contributed by atoms with E-state index in [0.717, 1.165) is 66.5 Å². The number of nitrogens with one attached hydrogen (secondary N) is 2. The van der Waals surface area contributed by atoms with Crippen molar-refractivity contribution in [1.29, 1.82) is 0 Å². The summed E-state index contributed by atoms with van der Waals surface area (Å²) in [5.74, 6) is 1.80. The van der Waals surface area contributed by atoms with Crippen LogP contribution in [-0.2, 0) is 0 Å². The Labute approximate surface area is 205 Å². The predicted molar refractivity (Wildman–Crippen MR) is 146 cm³/mol. The van der Waals surface area contributed by atoms with Crippen molar-refractivity contribution < 1.29 is 0 Å². The Morgan fingerprint density at radius 2 is 1.17 bits per heavy atom. The van der Waals surface area contributed by atoms with Crippen LogP contribution >= 0.6 is 0 Å². The summed E-state index contributed by atoms with van der Waals surface area (Å²) < 4.78 is 0. The second kappa shape index (κ2) is 6.86. The van der Waals surface area contributed by atoms with Crippen molar-refractivity contribution in [3.05, 3.63) is 84.8 Å². The Hall–Kier alpha value is -4.84. The summed E-state index contributed by atoms with van der Waals surface area (Å²) in [4.78, 5) is 25.3. The van der Waals surface area contributed by atoms with Gasteiger partial charge in [-0.2, -0.15) is 0 Å². The molecular formula is C30H20N6. The smallest absolute Gasteiger partial charge is 0.116 e. The van der Waals surface area contributed by atoms with Gasteiger partial charge in [0.1, 0.15) is 18.0 Å². The topological polar surface area (TPSA) is 83.1 Å².